The van der Waals surface area contributed by atoms with Crippen molar-refractivity contribution in [2.75, 3.05) is 5.43 Å². The number of anilines is 1. The molecule has 0 amide bonds. The minimum absolute atomic E-state index is 0.118. The van der Waals surface area contributed by atoms with Crippen LogP contribution in [0.4, 0.5) is 5.69 Å². The number of carbonyl (C=O) groups excluding carboxylic acids is 1. The first-order valence-corrected chi connectivity index (χ1v) is 7.34. The van der Waals surface area contributed by atoms with Crippen molar-refractivity contribution in [3.05, 3.63) is 29.8 Å². The Bertz CT molecular complexity index is 740. The molecule has 2 rings (SSSR count). The van der Waals surface area contributed by atoms with E-state index in [1.807, 2.05) is 31.2 Å². The maximum atomic E-state index is 11.7. The van der Waals surface area contributed by atoms with Crippen LogP contribution in [0, 0.1) is 6.92 Å². The largest absolute Gasteiger partial charge is 0.480 e. The van der Waals surface area contributed by atoms with Gasteiger partial charge < -0.3 is 5.11 Å². The zero-order valence-electron chi connectivity index (χ0n) is 12.4. The molecule has 9 nitrogen and oxygen atoms in total. The molecular formula is C13H14N6O3S. The Morgan fingerprint density at radius 1 is 1.35 bits per heavy atom. The van der Waals surface area contributed by atoms with Gasteiger partial charge >= 0.3 is 5.97 Å². The smallest absolute Gasteiger partial charge is 0.325 e. The molecule has 0 saturated heterocycles. The highest BCUT2D eigenvalue weighted by molar-refractivity contribution is 8.15. The second-order valence-corrected chi connectivity index (χ2v) is 5.52. The third-order valence-electron chi connectivity index (χ3n) is 2.61. The molecule has 0 atom stereocenters. The van der Waals surface area contributed by atoms with Crippen molar-refractivity contribution in [2.45, 2.75) is 25.5 Å². The van der Waals surface area contributed by atoms with Crippen LogP contribution in [0.25, 0.3) is 0 Å². The number of ketones is 1. The number of carboxylic acid groups (broad SMARTS) is 1. The highest BCUT2D eigenvalue weighted by Crippen LogP contribution is 2.17. The van der Waals surface area contributed by atoms with Crippen LogP contribution < -0.4 is 5.43 Å². The van der Waals surface area contributed by atoms with Gasteiger partial charge in [-0.3, -0.25) is 15.0 Å². The molecule has 0 fully saturated rings. The molecular weight excluding hydrogens is 320 g/mol. The lowest BCUT2D eigenvalue weighted by molar-refractivity contribution is -0.138. The predicted octanol–water partition coefficient (Wildman–Crippen LogP) is 1.17. The summed E-state index contributed by atoms with van der Waals surface area (Å²) in [5.41, 5.74) is 4.61. The van der Waals surface area contributed by atoms with Crippen molar-refractivity contribution in [1.29, 1.82) is 0 Å². The number of rotatable bonds is 6. The summed E-state index contributed by atoms with van der Waals surface area (Å²) in [6.07, 6.45) is 0. The van der Waals surface area contributed by atoms with E-state index in [1.165, 1.54) is 6.92 Å². The van der Waals surface area contributed by atoms with Gasteiger partial charge in [0, 0.05) is 6.92 Å². The van der Waals surface area contributed by atoms with Gasteiger partial charge in [0.15, 0.2) is 10.8 Å². The van der Waals surface area contributed by atoms with Gasteiger partial charge in [-0.25, -0.2) is 4.68 Å². The summed E-state index contributed by atoms with van der Waals surface area (Å²) in [7, 11) is 0. The number of hydrogen-bond donors (Lipinski definition) is 2. The van der Waals surface area contributed by atoms with E-state index in [9.17, 15) is 9.59 Å². The molecule has 10 heteroatoms. The second-order valence-electron chi connectivity index (χ2n) is 4.57. The molecule has 0 saturated carbocycles. The van der Waals surface area contributed by atoms with Crippen molar-refractivity contribution in [1.82, 2.24) is 20.2 Å². The number of benzene rings is 1. The summed E-state index contributed by atoms with van der Waals surface area (Å²) < 4.78 is 1.08. The van der Waals surface area contributed by atoms with Gasteiger partial charge in [0.05, 0.1) is 5.69 Å². The minimum Gasteiger partial charge on any atom is -0.480 e. The van der Waals surface area contributed by atoms with E-state index in [0.29, 0.717) is 0 Å². The number of aryl methyl sites for hydroxylation is 1. The molecule has 1 aromatic heterocycles. The molecule has 120 valence electrons. The third kappa shape index (κ3) is 4.88. The first kappa shape index (κ1) is 16.6. The molecule has 23 heavy (non-hydrogen) atoms. The number of aliphatic carboxylic acids is 1. The van der Waals surface area contributed by atoms with E-state index < -0.39 is 12.5 Å². The van der Waals surface area contributed by atoms with Crippen molar-refractivity contribution in [3.63, 3.8) is 0 Å². The number of hydrazone groups is 1. The Morgan fingerprint density at radius 3 is 2.65 bits per heavy atom. The average molecular weight is 334 g/mol. The molecule has 0 spiro atoms. The highest BCUT2D eigenvalue weighted by Gasteiger charge is 2.16. The molecule has 1 aromatic carbocycles. The fraction of sp³-hybridized carbons (Fsp3) is 0.231. The number of hydrogen-bond acceptors (Lipinski definition) is 8. The first-order valence-electron chi connectivity index (χ1n) is 6.53. The quantitative estimate of drug-likeness (QED) is 0.349. The summed E-state index contributed by atoms with van der Waals surface area (Å²) >= 11 is 0.896. The lowest BCUT2D eigenvalue weighted by Crippen LogP contribution is -2.14. The zero-order chi connectivity index (χ0) is 16.8. The molecule has 0 aliphatic rings. The Labute approximate surface area is 135 Å². The fourth-order valence-electron chi connectivity index (χ4n) is 1.50. The van der Waals surface area contributed by atoms with Gasteiger partial charge in [-0.05, 0) is 41.2 Å². The normalized spacial score (nSPS) is 11.3. The average Bonchev–Trinajstić information content (AvgIpc) is 2.91. The van der Waals surface area contributed by atoms with E-state index in [4.69, 9.17) is 5.11 Å². The van der Waals surface area contributed by atoms with E-state index in [1.54, 1.807) is 0 Å². The number of nitrogens with zero attached hydrogens (tertiary/aromatic N) is 5. The topological polar surface area (TPSA) is 122 Å². The first-order chi connectivity index (χ1) is 11.0. The Kier molecular flexibility index (Phi) is 5.41. The summed E-state index contributed by atoms with van der Waals surface area (Å²) in [5.74, 6) is -1.38. The van der Waals surface area contributed by atoms with Crippen molar-refractivity contribution in [3.8, 4) is 0 Å². The molecule has 0 aliphatic heterocycles. The molecule has 0 bridgehead atoms. The summed E-state index contributed by atoms with van der Waals surface area (Å²) in [4.78, 5) is 22.4. The predicted molar refractivity (Wildman–Crippen MR) is 84.2 cm³/mol. The van der Waals surface area contributed by atoms with E-state index >= 15 is 0 Å². The molecule has 2 aromatic rings. The Hall–Kier alpha value is -2.75. The van der Waals surface area contributed by atoms with E-state index in [2.05, 4.69) is 26.1 Å². The van der Waals surface area contributed by atoms with Crippen LogP contribution in [0.3, 0.4) is 0 Å². The summed E-state index contributed by atoms with van der Waals surface area (Å²) in [5, 5.41) is 23.8. The molecule has 0 radical (unpaired) electrons. The van der Waals surface area contributed by atoms with Gasteiger partial charge in [-0.1, -0.05) is 17.7 Å². The standard InChI is InChI=1S/C13H14N6O3S/c1-8-3-5-10(6-4-8)14-15-12(9(2)20)23-13-16-17-18-19(13)7-11(21)22/h3-6,14H,7H2,1-2H3,(H,21,22)/b15-12+. The van der Waals surface area contributed by atoms with Crippen LogP contribution >= 0.6 is 11.8 Å². The van der Waals surface area contributed by atoms with Gasteiger partial charge in [-0.15, -0.1) is 5.10 Å². The molecule has 0 unspecified atom stereocenters. The van der Waals surface area contributed by atoms with Crippen LogP contribution in [0.2, 0.25) is 0 Å². The number of Topliss-reactive ketones (excluding diaryl/α,β-unsaturated/α-hetero) is 1. The van der Waals surface area contributed by atoms with Gasteiger partial charge in [0.1, 0.15) is 6.54 Å². The molecule has 1 heterocycles. The number of nitrogens with one attached hydrogen (secondary N) is 1. The van der Waals surface area contributed by atoms with Gasteiger partial charge in [0.25, 0.3) is 0 Å². The number of tetrazole rings is 1. The fourth-order valence-corrected chi connectivity index (χ4v) is 2.19. The molecule has 0 aliphatic carbocycles. The third-order valence-corrected chi connectivity index (χ3v) is 3.66. The maximum Gasteiger partial charge on any atom is 0.325 e. The van der Waals surface area contributed by atoms with Gasteiger partial charge in [-0.2, -0.15) is 5.10 Å². The lowest BCUT2D eigenvalue weighted by atomic mass is 10.2. The Balaban J connectivity index is 2.14. The summed E-state index contributed by atoms with van der Waals surface area (Å²) in [6, 6.07) is 7.48. The van der Waals surface area contributed by atoms with E-state index in [0.717, 1.165) is 27.7 Å². The molecule has 2 N–H and O–H groups in total. The van der Waals surface area contributed by atoms with Crippen LogP contribution in [-0.4, -0.2) is 42.1 Å². The number of thioether (sulfide) groups is 1. The van der Waals surface area contributed by atoms with Crippen LogP contribution in [0.5, 0.6) is 0 Å². The second kappa shape index (κ2) is 7.49. The number of carboxylic acids is 1. The van der Waals surface area contributed by atoms with Gasteiger partial charge in [0.2, 0.25) is 5.16 Å². The monoisotopic (exact) mass is 334 g/mol. The van der Waals surface area contributed by atoms with Crippen molar-refractivity contribution in [2.24, 2.45) is 5.10 Å². The lowest BCUT2D eigenvalue weighted by Gasteiger charge is -2.05. The SMILES string of the molecule is CC(=O)/C(=N\Nc1ccc(C)cc1)Sc1nnnn1CC(=O)O. The number of aromatic nitrogens is 4. The minimum atomic E-state index is -1.08. The number of carbonyl (C=O) groups is 2. The van der Waals surface area contributed by atoms with E-state index in [-0.39, 0.29) is 16.0 Å². The van der Waals surface area contributed by atoms with Crippen LogP contribution in [0.15, 0.2) is 34.5 Å². The Morgan fingerprint density at radius 2 is 2.04 bits per heavy atom. The summed E-state index contributed by atoms with van der Waals surface area (Å²) in [6.45, 7) is 2.92. The van der Waals surface area contributed by atoms with Crippen LogP contribution in [-0.2, 0) is 16.1 Å². The zero-order valence-corrected chi connectivity index (χ0v) is 13.2. The van der Waals surface area contributed by atoms with Crippen molar-refractivity contribution < 1.29 is 14.7 Å². The van der Waals surface area contributed by atoms with Crippen molar-refractivity contribution >= 4 is 34.2 Å². The highest BCUT2D eigenvalue weighted by atomic mass is 32.2. The van der Waals surface area contributed by atoms with Crippen LogP contribution in [0.1, 0.15) is 12.5 Å². The maximum absolute atomic E-state index is 11.7.